The van der Waals surface area contributed by atoms with Gasteiger partial charge in [0, 0.05) is 11.6 Å². The molecule has 1 aromatic rings. The van der Waals surface area contributed by atoms with Gasteiger partial charge in [-0.05, 0) is 19.4 Å². The van der Waals surface area contributed by atoms with E-state index in [0.29, 0.717) is 18.5 Å². The van der Waals surface area contributed by atoms with Gasteiger partial charge in [-0.1, -0.05) is 19.1 Å². The first-order valence-corrected chi connectivity index (χ1v) is 6.93. The fourth-order valence-electron chi connectivity index (χ4n) is 2.66. The molecule has 0 bridgehead atoms. The summed E-state index contributed by atoms with van der Waals surface area (Å²) in [7, 11) is 3.31. The Morgan fingerprint density at radius 3 is 2.75 bits per heavy atom. The highest BCUT2D eigenvalue weighted by Gasteiger charge is 2.33. The molecule has 0 radical (unpaired) electrons. The number of hydrogen-bond donors (Lipinski definition) is 1. The molecule has 0 fully saturated rings. The van der Waals surface area contributed by atoms with Crippen molar-refractivity contribution in [3.05, 3.63) is 23.8 Å². The van der Waals surface area contributed by atoms with Crippen LogP contribution in [0.25, 0.3) is 0 Å². The van der Waals surface area contributed by atoms with Crippen molar-refractivity contribution >= 4 is 5.96 Å². The molecule has 5 heteroatoms. The van der Waals surface area contributed by atoms with E-state index in [2.05, 4.69) is 29.8 Å². The minimum atomic E-state index is 0.106. The number of benzene rings is 1. The second-order valence-electron chi connectivity index (χ2n) is 4.96. The molecule has 5 nitrogen and oxygen atoms in total. The van der Waals surface area contributed by atoms with E-state index in [9.17, 15) is 0 Å². The van der Waals surface area contributed by atoms with Gasteiger partial charge in [-0.3, -0.25) is 4.99 Å². The Labute approximate surface area is 120 Å². The Morgan fingerprint density at radius 2 is 2.15 bits per heavy atom. The van der Waals surface area contributed by atoms with Gasteiger partial charge in [0.2, 0.25) is 0 Å². The van der Waals surface area contributed by atoms with E-state index >= 15 is 0 Å². The van der Waals surface area contributed by atoms with Crippen molar-refractivity contribution in [1.82, 2.24) is 4.90 Å². The SMILES string of the molecule is CCC(C)N1C(N)=NCC1c1cccc(OC)c1OC. The minimum absolute atomic E-state index is 0.106. The number of hydrogen-bond acceptors (Lipinski definition) is 5. The fourth-order valence-corrected chi connectivity index (χ4v) is 2.66. The Hall–Kier alpha value is -1.91. The van der Waals surface area contributed by atoms with Crippen molar-refractivity contribution in [2.45, 2.75) is 32.4 Å². The normalized spacial score (nSPS) is 19.7. The summed E-state index contributed by atoms with van der Waals surface area (Å²) in [6.45, 7) is 4.96. The number of nitrogens with zero attached hydrogens (tertiary/aromatic N) is 2. The lowest BCUT2D eigenvalue weighted by molar-refractivity contribution is 0.259. The third-order valence-corrected chi connectivity index (χ3v) is 3.88. The van der Waals surface area contributed by atoms with Crippen LogP contribution in [0.3, 0.4) is 0 Å². The predicted molar refractivity (Wildman–Crippen MR) is 80.4 cm³/mol. The van der Waals surface area contributed by atoms with Gasteiger partial charge >= 0.3 is 0 Å². The zero-order valence-corrected chi connectivity index (χ0v) is 12.6. The molecule has 0 amide bonds. The summed E-state index contributed by atoms with van der Waals surface area (Å²) in [6, 6.07) is 6.36. The first kappa shape index (κ1) is 14.5. The van der Waals surface area contributed by atoms with Gasteiger partial charge in [0.05, 0.1) is 26.8 Å². The first-order valence-electron chi connectivity index (χ1n) is 6.93. The van der Waals surface area contributed by atoms with Gasteiger partial charge in [0.1, 0.15) is 0 Å². The van der Waals surface area contributed by atoms with Crippen LogP contribution in [0.1, 0.15) is 31.9 Å². The number of methoxy groups -OCH3 is 2. The summed E-state index contributed by atoms with van der Waals surface area (Å²) >= 11 is 0. The molecule has 2 unspecified atom stereocenters. The number of rotatable bonds is 5. The molecule has 20 heavy (non-hydrogen) atoms. The number of ether oxygens (including phenoxy) is 2. The monoisotopic (exact) mass is 277 g/mol. The van der Waals surface area contributed by atoms with Crippen molar-refractivity contribution in [2.75, 3.05) is 20.8 Å². The van der Waals surface area contributed by atoms with E-state index in [-0.39, 0.29) is 6.04 Å². The number of aliphatic imine (C=N–C) groups is 1. The Kier molecular flexibility index (Phi) is 4.37. The smallest absolute Gasteiger partial charge is 0.192 e. The van der Waals surface area contributed by atoms with E-state index in [4.69, 9.17) is 15.2 Å². The quantitative estimate of drug-likeness (QED) is 0.896. The van der Waals surface area contributed by atoms with Crippen LogP contribution in [0.15, 0.2) is 23.2 Å². The summed E-state index contributed by atoms with van der Waals surface area (Å²) in [4.78, 5) is 6.56. The Balaban J connectivity index is 2.41. The maximum Gasteiger partial charge on any atom is 0.192 e. The Bertz CT molecular complexity index is 502. The van der Waals surface area contributed by atoms with Crippen molar-refractivity contribution in [2.24, 2.45) is 10.7 Å². The maximum atomic E-state index is 6.05. The molecular weight excluding hydrogens is 254 g/mol. The summed E-state index contributed by atoms with van der Waals surface area (Å²) in [5, 5.41) is 0. The molecule has 0 aromatic heterocycles. The molecule has 110 valence electrons. The standard InChI is InChI=1S/C15H23N3O2/c1-5-10(2)18-12(9-17-15(18)16)11-7-6-8-13(19-3)14(11)20-4/h6-8,10,12H,5,9H2,1-4H3,(H2,16,17). The molecule has 2 N–H and O–H groups in total. The van der Waals surface area contributed by atoms with Gasteiger partial charge in [0.15, 0.2) is 17.5 Å². The molecule has 2 rings (SSSR count). The van der Waals surface area contributed by atoms with Crippen LogP contribution in [-0.4, -0.2) is 37.7 Å². The molecule has 1 aliphatic heterocycles. The lowest BCUT2D eigenvalue weighted by Crippen LogP contribution is -2.42. The van der Waals surface area contributed by atoms with Crippen LogP contribution < -0.4 is 15.2 Å². The molecule has 1 heterocycles. The topological polar surface area (TPSA) is 60.1 Å². The third kappa shape index (κ3) is 2.40. The van der Waals surface area contributed by atoms with Crippen molar-refractivity contribution in [1.29, 1.82) is 0 Å². The van der Waals surface area contributed by atoms with Gasteiger partial charge < -0.3 is 20.1 Å². The van der Waals surface area contributed by atoms with E-state index in [0.717, 1.165) is 23.5 Å². The Morgan fingerprint density at radius 1 is 1.40 bits per heavy atom. The van der Waals surface area contributed by atoms with Crippen LogP contribution in [-0.2, 0) is 0 Å². The molecule has 2 atom stereocenters. The largest absolute Gasteiger partial charge is 0.493 e. The van der Waals surface area contributed by atoms with Crippen molar-refractivity contribution in [3.63, 3.8) is 0 Å². The molecule has 0 aliphatic carbocycles. The summed E-state index contributed by atoms with van der Waals surface area (Å²) in [5.41, 5.74) is 7.12. The lowest BCUT2D eigenvalue weighted by Gasteiger charge is -2.32. The van der Waals surface area contributed by atoms with Gasteiger partial charge in [-0.15, -0.1) is 0 Å². The van der Waals surface area contributed by atoms with Gasteiger partial charge in [0.25, 0.3) is 0 Å². The second-order valence-corrected chi connectivity index (χ2v) is 4.96. The maximum absolute atomic E-state index is 6.05. The summed E-state index contributed by atoms with van der Waals surface area (Å²) in [6.07, 6.45) is 1.01. The van der Waals surface area contributed by atoms with Crippen molar-refractivity contribution < 1.29 is 9.47 Å². The van der Waals surface area contributed by atoms with E-state index in [1.54, 1.807) is 14.2 Å². The highest BCUT2D eigenvalue weighted by molar-refractivity contribution is 5.81. The molecular formula is C15H23N3O2. The summed E-state index contributed by atoms with van der Waals surface area (Å²) < 4.78 is 10.9. The fraction of sp³-hybridized carbons (Fsp3) is 0.533. The van der Waals surface area contributed by atoms with E-state index in [1.807, 2.05) is 12.1 Å². The van der Waals surface area contributed by atoms with Crippen LogP contribution in [0.5, 0.6) is 11.5 Å². The second kappa shape index (κ2) is 6.03. The molecule has 0 spiro atoms. The molecule has 1 aromatic carbocycles. The average molecular weight is 277 g/mol. The van der Waals surface area contributed by atoms with Crippen LogP contribution in [0, 0.1) is 0 Å². The zero-order valence-electron chi connectivity index (χ0n) is 12.6. The molecule has 0 saturated carbocycles. The van der Waals surface area contributed by atoms with Crippen molar-refractivity contribution in [3.8, 4) is 11.5 Å². The average Bonchev–Trinajstić information content (AvgIpc) is 2.87. The van der Waals surface area contributed by atoms with E-state index < -0.39 is 0 Å². The van der Waals surface area contributed by atoms with Gasteiger partial charge in [-0.2, -0.15) is 0 Å². The molecule has 1 aliphatic rings. The lowest BCUT2D eigenvalue weighted by atomic mass is 10.0. The number of guanidine groups is 1. The highest BCUT2D eigenvalue weighted by Crippen LogP contribution is 2.39. The van der Waals surface area contributed by atoms with Crippen LogP contribution >= 0.6 is 0 Å². The number of nitrogens with two attached hydrogens (primary N) is 1. The molecule has 0 saturated heterocycles. The highest BCUT2D eigenvalue weighted by atomic mass is 16.5. The van der Waals surface area contributed by atoms with E-state index in [1.165, 1.54) is 0 Å². The first-order chi connectivity index (χ1) is 9.63. The minimum Gasteiger partial charge on any atom is -0.493 e. The summed E-state index contributed by atoms with van der Waals surface area (Å²) in [5.74, 6) is 2.10. The zero-order chi connectivity index (χ0) is 14.7. The van der Waals surface area contributed by atoms with Gasteiger partial charge in [-0.25, -0.2) is 0 Å². The third-order valence-electron chi connectivity index (χ3n) is 3.88. The van der Waals surface area contributed by atoms with Crippen LogP contribution in [0.4, 0.5) is 0 Å². The van der Waals surface area contributed by atoms with Crippen LogP contribution in [0.2, 0.25) is 0 Å². The number of para-hydroxylation sites is 1. The predicted octanol–water partition coefficient (Wildman–Crippen LogP) is 2.17.